The lowest BCUT2D eigenvalue weighted by Gasteiger charge is -2.42. The minimum atomic E-state index is -0.481. The monoisotopic (exact) mass is 631 g/mol. The third-order valence-electron chi connectivity index (χ3n) is 8.10. The molecule has 46 heavy (non-hydrogen) atoms. The third-order valence-corrected chi connectivity index (χ3v) is 8.10. The molecule has 0 spiro atoms. The predicted molar refractivity (Wildman–Crippen MR) is 175 cm³/mol. The van der Waals surface area contributed by atoms with Crippen LogP contribution in [0.25, 0.3) is 0 Å². The molecular weight excluding hydrogens is 592 g/mol. The molecule has 2 aromatic carbocycles. The topological polar surface area (TPSA) is 122 Å². The second kappa shape index (κ2) is 14.5. The fourth-order valence-corrected chi connectivity index (χ4v) is 5.67. The summed E-state index contributed by atoms with van der Waals surface area (Å²) in [5.41, 5.74) is 1.43. The fraction of sp³-hybridized carbons (Fsp3) is 0.394. The van der Waals surface area contributed by atoms with Gasteiger partial charge in [-0.05, 0) is 58.0 Å². The van der Waals surface area contributed by atoms with Crippen molar-refractivity contribution in [3.8, 4) is 11.8 Å². The highest BCUT2D eigenvalue weighted by molar-refractivity contribution is 6.02. The summed E-state index contributed by atoms with van der Waals surface area (Å²) in [5, 5.41) is 18.5. The van der Waals surface area contributed by atoms with E-state index in [2.05, 4.69) is 49.3 Å². The number of piperidine rings is 1. The van der Waals surface area contributed by atoms with E-state index in [1.165, 1.54) is 30.5 Å². The van der Waals surface area contributed by atoms with Gasteiger partial charge in [-0.25, -0.2) is 13.8 Å². The van der Waals surface area contributed by atoms with Crippen LogP contribution in [0.1, 0.15) is 32.3 Å². The van der Waals surface area contributed by atoms with Crippen molar-refractivity contribution in [1.82, 2.24) is 19.8 Å². The van der Waals surface area contributed by atoms with Gasteiger partial charge in [0.1, 0.15) is 29.0 Å². The zero-order valence-corrected chi connectivity index (χ0v) is 26.3. The van der Waals surface area contributed by atoms with Gasteiger partial charge in [0.05, 0.1) is 35.1 Å². The average Bonchev–Trinajstić information content (AvgIpc) is 3.04. The van der Waals surface area contributed by atoms with Crippen LogP contribution in [0.2, 0.25) is 0 Å². The summed E-state index contributed by atoms with van der Waals surface area (Å²) in [5.74, 6) is -1.02. The van der Waals surface area contributed by atoms with Gasteiger partial charge in [-0.3, -0.25) is 9.69 Å². The minimum absolute atomic E-state index is 0.0317. The summed E-state index contributed by atoms with van der Waals surface area (Å²) in [6.45, 7) is 12.7. The normalized spacial score (nSPS) is 16.2. The minimum Gasteiger partial charge on any atom is -0.489 e. The van der Waals surface area contributed by atoms with Crippen LogP contribution in [0.15, 0.2) is 49.2 Å². The molecule has 0 radical (unpaired) electrons. The Morgan fingerprint density at radius 3 is 2.48 bits per heavy atom. The Hall–Kier alpha value is -4.80. The summed E-state index contributed by atoms with van der Waals surface area (Å²) in [7, 11) is 2.14. The first kappa shape index (κ1) is 32.6. The van der Waals surface area contributed by atoms with Crippen LogP contribution in [0, 0.1) is 23.0 Å². The number of amides is 1. The maximum absolute atomic E-state index is 15.7. The molecule has 3 N–H and O–H groups in total. The smallest absolute Gasteiger partial charge is 0.247 e. The summed E-state index contributed by atoms with van der Waals surface area (Å²) in [6.07, 6.45) is 4.05. The molecule has 0 atom stereocenters. The van der Waals surface area contributed by atoms with Gasteiger partial charge in [0, 0.05) is 57.4 Å². The molecule has 5 rings (SSSR count). The molecule has 0 aliphatic carbocycles. The molecule has 0 saturated carbocycles. The molecule has 2 saturated heterocycles. The Bertz CT molecular complexity index is 1610. The van der Waals surface area contributed by atoms with Gasteiger partial charge in [0.2, 0.25) is 11.9 Å². The highest BCUT2D eigenvalue weighted by Gasteiger charge is 2.28. The van der Waals surface area contributed by atoms with Crippen LogP contribution in [0.3, 0.4) is 0 Å². The first-order valence-electron chi connectivity index (χ1n) is 15.4. The number of rotatable bonds is 10. The van der Waals surface area contributed by atoms with E-state index in [1.54, 1.807) is 6.07 Å². The standard InChI is InChI=1S/C33H39F2N9O2/c1-5-31(45)38-28-18-29(44-10-8-24(9-11-44)43-14-12-42(4)13-15-43)25(35)17-27(28)40-33-37-20-22(19-36)32(41-33)39-26-7-6-23(34)16-30(26)46-21(2)3/h5-7,16-18,20-21,24H,1,8-15H2,2-4H3,(H,38,45)(H2,37,39,40,41). The highest BCUT2D eigenvalue weighted by atomic mass is 19.1. The number of hydrogen-bond acceptors (Lipinski definition) is 10. The van der Waals surface area contributed by atoms with Gasteiger partial charge in [0.15, 0.2) is 5.82 Å². The Morgan fingerprint density at radius 2 is 1.80 bits per heavy atom. The van der Waals surface area contributed by atoms with E-state index in [9.17, 15) is 14.4 Å². The molecule has 1 aromatic heterocycles. The van der Waals surface area contributed by atoms with Gasteiger partial charge >= 0.3 is 0 Å². The van der Waals surface area contributed by atoms with E-state index in [1.807, 2.05) is 24.8 Å². The maximum Gasteiger partial charge on any atom is 0.247 e. The molecule has 242 valence electrons. The number of piperazine rings is 1. The lowest BCUT2D eigenvalue weighted by Crippen LogP contribution is -2.52. The van der Waals surface area contributed by atoms with Crippen molar-refractivity contribution in [2.24, 2.45) is 0 Å². The number of anilines is 6. The molecule has 3 heterocycles. The van der Waals surface area contributed by atoms with E-state index in [4.69, 9.17) is 4.74 Å². The lowest BCUT2D eigenvalue weighted by molar-refractivity contribution is -0.111. The number of nitrogens with zero attached hydrogens (tertiary/aromatic N) is 6. The SMILES string of the molecule is C=CC(=O)Nc1cc(N2CCC(N3CCN(C)CC3)CC2)c(F)cc1Nc1ncc(C#N)c(Nc2ccc(F)cc2OC(C)C)n1. The summed E-state index contributed by atoms with van der Waals surface area (Å²) >= 11 is 0. The number of hydrogen-bond donors (Lipinski definition) is 3. The Kier molecular flexibility index (Phi) is 10.3. The number of ether oxygens (including phenoxy) is 1. The van der Waals surface area contributed by atoms with Gasteiger partial charge in [-0.2, -0.15) is 10.2 Å². The van der Waals surface area contributed by atoms with Crippen molar-refractivity contribution in [1.29, 1.82) is 5.26 Å². The molecule has 1 amide bonds. The van der Waals surface area contributed by atoms with Gasteiger partial charge in [0.25, 0.3) is 0 Å². The Balaban J connectivity index is 1.38. The van der Waals surface area contributed by atoms with E-state index in [0.29, 0.717) is 36.2 Å². The average molecular weight is 632 g/mol. The summed E-state index contributed by atoms with van der Waals surface area (Å²) in [4.78, 5) is 27.9. The van der Waals surface area contributed by atoms with Crippen LogP contribution in [-0.2, 0) is 4.79 Å². The van der Waals surface area contributed by atoms with Crippen LogP contribution in [0.4, 0.5) is 43.3 Å². The van der Waals surface area contributed by atoms with Crippen LogP contribution < -0.4 is 25.6 Å². The van der Waals surface area contributed by atoms with Crippen molar-refractivity contribution < 1.29 is 18.3 Å². The first-order valence-corrected chi connectivity index (χ1v) is 15.4. The molecule has 2 aliphatic heterocycles. The van der Waals surface area contributed by atoms with Crippen LogP contribution in [-0.4, -0.2) is 84.1 Å². The van der Waals surface area contributed by atoms with E-state index in [0.717, 1.165) is 45.1 Å². The van der Waals surface area contributed by atoms with E-state index in [-0.39, 0.29) is 34.9 Å². The molecule has 0 unspecified atom stereocenters. The number of halogens is 2. The number of benzene rings is 2. The van der Waals surface area contributed by atoms with Gasteiger partial charge in [-0.15, -0.1) is 0 Å². The van der Waals surface area contributed by atoms with E-state index >= 15 is 4.39 Å². The highest BCUT2D eigenvalue weighted by Crippen LogP contribution is 2.35. The summed E-state index contributed by atoms with van der Waals surface area (Å²) in [6, 6.07) is 9.38. The van der Waals surface area contributed by atoms with Gasteiger partial charge in [-0.1, -0.05) is 6.58 Å². The Morgan fingerprint density at radius 1 is 1.07 bits per heavy atom. The third kappa shape index (κ3) is 7.88. The molecule has 11 nitrogen and oxygen atoms in total. The van der Waals surface area contributed by atoms with Crippen molar-refractivity contribution in [3.05, 3.63) is 66.4 Å². The number of nitrogens with one attached hydrogen (secondary N) is 3. The van der Waals surface area contributed by atoms with Gasteiger partial charge < -0.3 is 30.5 Å². The summed E-state index contributed by atoms with van der Waals surface area (Å²) < 4.78 is 35.4. The number of carbonyl (C=O) groups excluding carboxylic acids is 1. The molecule has 13 heteroatoms. The molecule has 3 aromatic rings. The van der Waals surface area contributed by atoms with Crippen molar-refractivity contribution in [2.75, 3.05) is 67.2 Å². The predicted octanol–water partition coefficient (Wildman–Crippen LogP) is 5.24. The second-order valence-electron chi connectivity index (χ2n) is 11.7. The fourth-order valence-electron chi connectivity index (χ4n) is 5.67. The molecule has 2 aliphatic rings. The first-order chi connectivity index (χ1) is 22.1. The number of nitriles is 1. The zero-order chi connectivity index (χ0) is 32.8. The number of likely N-dealkylation sites (N-methyl/N-ethyl adjacent to an activating group) is 1. The zero-order valence-electron chi connectivity index (χ0n) is 26.3. The van der Waals surface area contributed by atoms with Crippen molar-refractivity contribution in [3.63, 3.8) is 0 Å². The lowest BCUT2D eigenvalue weighted by atomic mass is 10.0. The van der Waals surface area contributed by atoms with Crippen molar-refractivity contribution >= 4 is 40.4 Å². The van der Waals surface area contributed by atoms with E-state index < -0.39 is 17.5 Å². The number of aromatic nitrogens is 2. The quantitative estimate of drug-likeness (QED) is 0.256. The molecule has 0 bridgehead atoms. The maximum atomic E-state index is 15.7. The largest absolute Gasteiger partial charge is 0.489 e. The van der Waals surface area contributed by atoms with Crippen LogP contribution in [0.5, 0.6) is 5.75 Å². The molecule has 2 fully saturated rings. The van der Waals surface area contributed by atoms with Crippen LogP contribution >= 0.6 is 0 Å². The Labute approximate surface area is 267 Å². The second-order valence-corrected chi connectivity index (χ2v) is 11.7. The van der Waals surface area contributed by atoms with Crippen molar-refractivity contribution in [2.45, 2.75) is 38.8 Å². The molecular formula is C33H39F2N9O2. The number of carbonyl (C=O) groups is 1.